The van der Waals surface area contributed by atoms with Crippen molar-refractivity contribution in [1.82, 2.24) is 19.7 Å². The fraction of sp³-hybridized carbons (Fsp3) is 0.556. The number of hydrogen-bond acceptors (Lipinski definition) is 6. The van der Waals surface area contributed by atoms with E-state index in [1.807, 2.05) is 28.9 Å². The first kappa shape index (κ1) is 17.7. The molecule has 3 rings (SSSR count). The minimum absolute atomic E-state index is 0.277. The van der Waals surface area contributed by atoms with Crippen molar-refractivity contribution < 1.29 is 14.6 Å². The van der Waals surface area contributed by atoms with Gasteiger partial charge in [0.15, 0.2) is 0 Å². The van der Waals surface area contributed by atoms with Crippen molar-refractivity contribution in [1.29, 1.82) is 0 Å². The van der Waals surface area contributed by atoms with Gasteiger partial charge in [0.25, 0.3) is 0 Å². The number of likely N-dealkylation sites (tertiary alicyclic amines) is 1. The highest BCUT2D eigenvalue weighted by atomic mass is 16.5. The number of aliphatic hydroxyl groups excluding tert-OH is 1. The van der Waals surface area contributed by atoms with Gasteiger partial charge in [-0.2, -0.15) is 5.10 Å². The molecule has 136 valence electrons. The number of rotatable bonds is 8. The lowest BCUT2D eigenvalue weighted by Crippen LogP contribution is -2.46. The van der Waals surface area contributed by atoms with Gasteiger partial charge in [-0.15, -0.1) is 0 Å². The van der Waals surface area contributed by atoms with Crippen LogP contribution in [-0.2, 0) is 6.54 Å². The molecule has 1 fully saturated rings. The Labute approximate surface area is 148 Å². The topological polar surface area (TPSA) is 72.6 Å². The first-order chi connectivity index (χ1) is 12.2. The molecule has 2 aromatic rings. The highest BCUT2D eigenvalue weighted by Crippen LogP contribution is 2.20. The van der Waals surface area contributed by atoms with Crippen molar-refractivity contribution in [3.8, 4) is 11.5 Å². The summed E-state index contributed by atoms with van der Waals surface area (Å²) in [4.78, 5) is 6.34. The van der Waals surface area contributed by atoms with E-state index in [4.69, 9.17) is 9.47 Å². The molecule has 1 aliphatic rings. The Bertz CT molecular complexity index is 618. The molecule has 0 saturated carbocycles. The molecule has 0 radical (unpaired) electrons. The molecule has 2 heterocycles. The van der Waals surface area contributed by atoms with Crippen molar-refractivity contribution >= 4 is 0 Å². The van der Waals surface area contributed by atoms with Gasteiger partial charge in [-0.3, -0.25) is 9.58 Å². The fourth-order valence-corrected chi connectivity index (χ4v) is 3.24. The second kappa shape index (κ2) is 8.82. The Morgan fingerprint density at radius 3 is 2.76 bits per heavy atom. The second-order valence-corrected chi connectivity index (χ2v) is 6.40. The standard InChI is InChI=1S/C18H26N4O3/c1-24-17-5-7-18(8-6-17)25-12-16(23)11-21-9-3-2-4-15(21)10-22-14-19-13-20-22/h5-8,13-16,23H,2-4,9-12H2,1H3/t15-,16+/m0/s1. The quantitative estimate of drug-likeness (QED) is 0.782. The van der Waals surface area contributed by atoms with Gasteiger partial charge < -0.3 is 14.6 Å². The summed E-state index contributed by atoms with van der Waals surface area (Å²) in [5, 5.41) is 14.6. The molecule has 0 spiro atoms. The molecule has 0 unspecified atom stereocenters. The smallest absolute Gasteiger partial charge is 0.137 e. The van der Waals surface area contributed by atoms with Crippen LogP contribution in [0.15, 0.2) is 36.9 Å². The van der Waals surface area contributed by atoms with Crippen LogP contribution in [0.4, 0.5) is 0 Å². The molecular weight excluding hydrogens is 320 g/mol. The van der Waals surface area contributed by atoms with E-state index >= 15 is 0 Å². The molecule has 1 aromatic heterocycles. The zero-order chi connectivity index (χ0) is 17.5. The highest BCUT2D eigenvalue weighted by Gasteiger charge is 2.25. The maximum Gasteiger partial charge on any atom is 0.137 e. The molecule has 0 amide bonds. The van der Waals surface area contributed by atoms with Crippen LogP contribution in [0.3, 0.4) is 0 Å². The summed E-state index contributed by atoms with van der Waals surface area (Å²) in [5.41, 5.74) is 0. The first-order valence-electron chi connectivity index (χ1n) is 8.76. The van der Waals surface area contributed by atoms with Gasteiger partial charge in [0.2, 0.25) is 0 Å². The Morgan fingerprint density at radius 2 is 2.04 bits per heavy atom. The number of ether oxygens (including phenoxy) is 2. The Kier molecular flexibility index (Phi) is 6.25. The van der Waals surface area contributed by atoms with Crippen molar-refractivity contribution in [2.24, 2.45) is 0 Å². The van der Waals surface area contributed by atoms with E-state index in [-0.39, 0.29) is 6.61 Å². The monoisotopic (exact) mass is 346 g/mol. The van der Waals surface area contributed by atoms with E-state index < -0.39 is 6.10 Å². The van der Waals surface area contributed by atoms with Crippen LogP contribution in [0.1, 0.15) is 19.3 Å². The molecule has 1 N–H and O–H groups in total. The van der Waals surface area contributed by atoms with Gasteiger partial charge in [0, 0.05) is 12.6 Å². The summed E-state index contributed by atoms with van der Waals surface area (Å²) in [6.07, 6.45) is 6.28. The number of aliphatic hydroxyl groups is 1. The number of benzene rings is 1. The summed E-state index contributed by atoms with van der Waals surface area (Å²) in [7, 11) is 1.63. The molecule has 0 bridgehead atoms. The van der Waals surface area contributed by atoms with Gasteiger partial charge in [0.1, 0.15) is 36.9 Å². The molecule has 1 aromatic carbocycles. The third-order valence-corrected chi connectivity index (χ3v) is 4.56. The molecule has 7 heteroatoms. The number of hydrogen-bond donors (Lipinski definition) is 1. The number of aromatic nitrogens is 3. The van der Waals surface area contributed by atoms with E-state index in [1.165, 1.54) is 12.8 Å². The van der Waals surface area contributed by atoms with Crippen LogP contribution in [0.2, 0.25) is 0 Å². The van der Waals surface area contributed by atoms with E-state index in [0.29, 0.717) is 12.6 Å². The molecule has 0 aliphatic carbocycles. The van der Waals surface area contributed by atoms with E-state index in [1.54, 1.807) is 19.8 Å². The third kappa shape index (κ3) is 5.17. The molecule has 2 atom stereocenters. The summed E-state index contributed by atoms with van der Waals surface area (Å²) >= 11 is 0. The van der Waals surface area contributed by atoms with E-state index in [0.717, 1.165) is 31.0 Å². The van der Waals surface area contributed by atoms with E-state index in [9.17, 15) is 5.11 Å². The summed E-state index contributed by atoms with van der Waals surface area (Å²) in [6.45, 7) is 2.69. The minimum atomic E-state index is -0.529. The van der Waals surface area contributed by atoms with Crippen LogP contribution >= 0.6 is 0 Å². The fourth-order valence-electron chi connectivity index (χ4n) is 3.24. The zero-order valence-electron chi connectivity index (χ0n) is 14.6. The van der Waals surface area contributed by atoms with Crippen molar-refractivity contribution in [2.45, 2.75) is 38.0 Å². The Balaban J connectivity index is 1.48. The van der Waals surface area contributed by atoms with E-state index in [2.05, 4.69) is 15.0 Å². The Hall–Kier alpha value is -2.12. The largest absolute Gasteiger partial charge is 0.497 e. The normalized spacial score (nSPS) is 19.5. The van der Waals surface area contributed by atoms with Gasteiger partial charge in [-0.05, 0) is 43.7 Å². The van der Waals surface area contributed by atoms with Crippen LogP contribution in [-0.4, -0.2) is 63.7 Å². The SMILES string of the molecule is COc1ccc(OC[C@H](O)CN2CCCC[C@H]2Cn2cncn2)cc1. The number of β-amino-alcohol motifs (C(OH)–C–C–N with tert-alkyl or cyclic N) is 1. The minimum Gasteiger partial charge on any atom is -0.497 e. The lowest BCUT2D eigenvalue weighted by molar-refractivity contribution is 0.0345. The predicted molar refractivity (Wildman–Crippen MR) is 93.7 cm³/mol. The van der Waals surface area contributed by atoms with Crippen LogP contribution in [0.25, 0.3) is 0 Å². The average molecular weight is 346 g/mol. The van der Waals surface area contributed by atoms with Crippen LogP contribution in [0, 0.1) is 0 Å². The van der Waals surface area contributed by atoms with Gasteiger partial charge in [-0.1, -0.05) is 6.42 Å². The van der Waals surface area contributed by atoms with Crippen LogP contribution < -0.4 is 9.47 Å². The summed E-state index contributed by atoms with van der Waals surface area (Å²) < 4.78 is 12.7. The lowest BCUT2D eigenvalue weighted by atomic mass is 10.0. The van der Waals surface area contributed by atoms with Gasteiger partial charge >= 0.3 is 0 Å². The zero-order valence-corrected chi connectivity index (χ0v) is 14.6. The molecule has 1 aliphatic heterocycles. The molecule has 7 nitrogen and oxygen atoms in total. The first-order valence-corrected chi connectivity index (χ1v) is 8.76. The second-order valence-electron chi connectivity index (χ2n) is 6.40. The highest BCUT2D eigenvalue weighted by molar-refractivity contribution is 5.31. The molecular formula is C18H26N4O3. The van der Waals surface area contributed by atoms with Gasteiger partial charge in [0.05, 0.1) is 13.7 Å². The predicted octanol–water partition coefficient (Wildman–Crippen LogP) is 1.58. The number of piperidine rings is 1. The summed E-state index contributed by atoms with van der Waals surface area (Å²) in [6, 6.07) is 7.77. The molecule has 25 heavy (non-hydrogen) atoms. The maximum absolute atomic E-state index is 10.4. The third-order valence-electron chi connectivity index (χ3n) is 4.56. The average Bonchev–Trinajstić information content (AvgIpc) is 3.15. The number of methoxy groups -OCH3 is 1. The van der Waals surface area contributed by atoms with Crippen molar-refractivity contribution in [2.75, 3.05) is 26.8 Å². The van der Waals surface area contributed by atoms with Crippen molar-refractivity contribution in [3.63, 3.8) is 0 Å². The lowest BCUT2D eigenvalue weighted by Gasteiger charge is -2.36. The number of nitrogens with zero attached hydrogens (tertiary/aromatic N) is 4. The maximum atomic E-state index is 10.4. The Morgan fingerprint density at radius 1 is 1.24 bits per heavy atom. The van der Waals surface area contributed by atoms with Gasteiger partial charge in [-0.25, -0.2) is 4.98 Å². The molecule has 1 saturated heterocycles. The van der Waals surface area contributed by atoms with Crippen molar-refractivity contribution in [3.05, 3.63) is 36.9 Å². The summed E-state index contributed by atoms with van der Waals surface area (Å²) in [5.74, 6) is 1.52. The van der Waals surface area contributed by atoms with Crippen LogP contribution in [0.5, 0.6) is 11.5 Å².